The second kappa shape index (κ2) is 5.17. The van der Waals surface area contributed by atoms with E-state index in [2.05, 4.69) is 0 Å². The van der Waals surface area contributed by atoms with Crippen LogP contribution < -0.4 is 0 Å². The maximum Gasteiger partial charge on any atom is 0.226 e. The highest BCUT2D eigenvalue weighted by Gasteiger charge is 2.56. The monoisotopic (exact) mass is 286 g/mol. The SMILES string of the molecule is O=C1C=CC(=O)C([C@@]2(O)O[C@H](CO)[C@H](O)[C@H](O)[C@H]2O)=C1. The Labute approximate surface area is 113 Å². The Balaban J connectivity index is 2.42. The van der Waals surface area contributed by atoms with Crippen molar-refractivity contribution in [3.05, 3.63) is 23.8 Å². The van der Waals surface area contributed by atoms with E-state index >= 15 is 0 Å². The Bertz CT molecular complexity index is 494. The molecule has 1 aliphatic heterocycles. The van der Waals surface area contributed by atoms with Gasteiger partial charge in [-0.25, -0.2) is 0 Å². The third-order valence-electron chi connectivity index (χ3n) is 3.30. The molecular weight excluding hydrogens is 272 g/mol. The van der Waals surface area contributed by atoms with Crippen LogP contribution in [-0.2, 0) is 14.3 Å². The zero-order chi connectivity index (χ0) is 15.1. The number of allylic oxidation sites excluding steroid dienone is 3. The molecule has 5 atom stereocenters. The molecule has 0 spiro atoms. The molecule has 8 heteroatoms. The Morgan fingerprint density at radius 3 is 2.40 bits per heavy atom. The Hall–Kier alpha value is -1.42. The summed E-state index contributed by atoms with van der Waals surface area (Å²) in [7, 11) is 0. The van der Waals surface area contributed by atoms with Crippen molar-refractivity contribution < 1.29 is 39.9 Å². The van der Waals surface area contributed by atoms with Crippen molar-refractivity contribution in [2.24, 2.45) is 0 Å². The van der Waals surface area contributed by atoms with Crippen molar-refractivity contribution >= 4 is 11.6 Å². The van der Waals surface area contributed by atoms with E-state index in [-0.39, 0.29) is 0 Å². The van der Waals surface area contributed by atoms with E-state index in [1.807, 2.05) is 0 Å². The van der Waals surface area contributed by atoms with Crippen molar-refractivity contribution in [3.8, 4) is 0 Å². The molecule has 1 saturated heterocycles. The van der Waals surface area contributed by atoms with Gasteiger partial charge in [0.15, 0.2) is 11.6 Å². The number of hydrogen-bond donors (Lipinski definition) is 5. The van der Waals surface area contributed by atoms with Gasteiger partial charge < -0.3 is 30.3 Å². The minimum absolute atomic E-state index is 0.568. The summed E-state index contributed by atoms with van der Waals surface area (Å²) < 4.78 is 4.95. The van der Waals surface area contributed by atoms with Gasteiger partial charge in [0.2, 0.25) is 5.79 Å². The van der Waals surface area contributed by atoms with E-state index in [0.717, 1.165) is 18.2 Å². The number of rotatable bonds is 2. The zero-order valence-electron chi connectivity index (χ0n) is 10.2. The van der Waals surface area contributed by atoms with Gasteiger partial charge in [-0.3, -0.25) is 9.59 Å². The average molecular weight is 286 g/mol. The van der Waals surface area contributed by atoms with Crippen LogP contribution in [0, 0.1) is 0 Å². The van der Waals surface area contributed by atoms with Crippen LogP contribution in [0.1, 0.15) is 0 Å². The van der Waals surface area contributed by atoms with E-state index < -0.39 is 53.9 Å². The molecule has 0 unspecified atom stereocenters. The Morgan fingerprint density at radius 1 is 1.15 bits per heavy atom. The van der Waals surface area contributed by atoms with E-state index in [9.17, 15) is 30.0 Å². The van der Waals surface area contributed by atoms with Gasteiger partial charge >= 0.3 is 0 Å². The minimum Gasteiger partial charge on any atom is -0.394 e. The lowest BCUT2D eigenvalue weighted by Gasteiger charge is -2.46. The van der Waals surface area contributed by atoms with E-state index in [4.69, 9.17) is 9.84 Å². The number of ether oxygens (including phenoxy) is 1. The van der Waals surface area contributed by atoms with E-state index in [1.165, 1.54) is 0 Å². The number of hydrogen-bond acceptors (Lipinski definition) is 8. The van der Waals surface area contributed by atoms with E-state index in [0.29, 0.717) is 0 Å². The highest BCUT2D eigenvalue weighted by Crippen LogP contribution is 2.35. The quantitative estimate of drug-likeness (QED) is 0.333. The van der Waals surface area contributed by atoms with Crippen LogP contribution in [0.5, 0.6) is 0 Å². The molecular formula is C12H14O8. The van der Waals surface area contributed by atoms with Crippen molar-refractivity contribution in [1.82, 2.24) is 0 Å². The molecule has 1 fully saturated rings. The van der Waals surface area contributed by atoms with Gasteiger partial charge in [-0.1, -0.05) is 0 Å². The largest absolute Gasteiger partial charge is 0.394 e. The molecule has 20 heavy (non-hydrogen) atoms. The molecule has 2 rings (SSSR count). The Kier molecular flexibility index (Phi) is 3.87. The minimum atomic E-state index is -2.69. The van der Waals surface area contributed by atoms with Crippen LogP contribution >= 0.6 is 0 Å². The average Bonchev–Trinajstić information content (AvgIpc) is 2.43. The maximum atomic E-state index is 11.7. The number of aliphatic hydroxyl groups excluding tert-OH is 4. The maximum absolute atomic E-state index is 11.7. The summed E-state index contributed by atoms with van der Waals surface area (Å²) in [5.41, 5.74) is -0.568. The summed E-state index contributed by atoms with van der Waals surface area (Å²) in [5, 5.41) is 48.4. The highest BCUT2D eigenvalue weighted by molar-refractivity contribution is 6.18. The molecule has 1 heterocycles. The van der Waals surface area contributed by atoms with Crippen molar-refractivity contribution in [2.45, 2.75) is 30.2 Å². The molecule has 0 aromatic carbocycles. The molecule has 0 aromatic rings. The smallest absolute Gasteiger partial charge is 0.226 e. The van der Waals surface area contributed by atoms with Gasteiger partial charge in [-0.15, -0.1) is 0 Å². The molecule has 110 valence electrons. The van der Waals surface area contributed by atoms with Gasteiger partial charge in [-0.05, 0) is 18.2 Å². The normalized spacial score (nSPS) is 41.8. The van der Waals surface area contributed by atoms with Crippen LogP contribution in [0.15, 0.2) is 23.8 Å². The van der Waals surface area contributed by atoms with Gasteiger partial charge in [0.05, 0.1) is 12.2 Å². The van der Waals surface area contributed by atoms with Crippen LogP contribution in [0.4, 0.5) is 0 Å². The summed E-state index contributed by atoms with van der Waals surface area (Å²) in [6.07, 6.45) is -4.37. The Morgan fingerprint density at radius 2 is 1.80 bits per heavy atom. The third kappa shape index (κ3) is 2.22. The molecule has 2 aliphatic rings. The summed E-state index contributed by atoms with van der Waals surface area (Å²) in [4.78, 5) is 23.0. The molecule has 0 aromatic heterocycles. The molecule has 1 aliphatic carbocycles. The lowest BCUT2D eigenvalue weighted by Crippen LogP contribution is -2.66. The lowest BCUT2D eigenvalue weighted by atomic mass is 9.84. The van der Waals surface area contributed by atoms with Crippen molar-refractivity contribution in [3.63, 3.8) is 0 Å². The van der Waals surface area contributed by atoms with Gasteiger partial charge in [-0.2, -0.15) is 0 Å². The van der Waals surface area contributed by atoms with E-state index in [1.54, 1.807) is 0 Å². The zero-order valence-corrected chi connectivity index (χ0v) is 10.2. The second-order valence-electron chi connectivity index (χ2n) is 4.62. The first-order chi connectivity index (χ1) is 9.31. The van der Waals surface area contributed by atoms with Gasteiger partial charge in [0.25, 0.3) is 0 Å². The fourth-order valence-electron chi connectivity index (χ4n) is 2.17. The number of carbonyl (C=O) groups excluding carboxylic acids is 2. The first-order valence-corrected chi connectivity index (χ1v) is 5.85. The standard InChI is InChI=1S/C12H14O8/c13-4-8-9(16)10(17)11(18)12(19,20-8)6-3-5(14)1-2-7(6)15/h1-3,8-11,13,16-19H,4H2/t8-,9+,10+,11-,12-/m1/s1. The van der Waals surface area contributed by atoms with Gasteiger partial charge in [0, 0.05) is 0 Å². The second-order valence-corrected chi connectivity index (χ2v) is 4.62. The van der Waals surface area contributed by atoms with Gasteiger partial charge in [0.1, 0.15) is 24.4 Å². The van der Waals surface area contributed by atoms with Crippen LogP contribution in [0.3, 0.4) is 0 Å². The molecule has 0 radical (unpaired) electrons. The molecule has 0 saturated carbocycles. The summed E-state index contributed by atoms with van der Waals surface area (Å²) in [6.45, 7) is -0.765. The molecule has 8 nitrogen and oxygen atoms in total. The van der Waals surface area contributed by atoms with Crippen LogP contribution in [0.25, 0.3) is 0 Å². The predicted octanol–water partition coefficient (Wildman–Crippen LogP) is -3.22. The highest BCUT2D eigenvalue weighted by atomic mass is 16.7. The lowest BCUT2D eigenvalue weighted by molar-refractivity contribution is -0.330. The number of aliphatic hydroxyl groups is 5. The number of ketones is 2. The summed E-state index contributed by atoms with van der Waals surface area (Å²) in [6, 6.07) is 0. The van der Waals surface area contributed by atoms with Crippen LogP contribution in [-0.4, -0.2) is 73.9 Å². The molecule has 0 amide bonds. The van der Waals surface area contributed by atoms with Crippen molar-refractivity contribution in [1.29, 1.82) is 0 Å². The predicted molar refractivity (Wildman–Crippen MR) is 62.2 cm³/mol. The fourth-order valence-corrected chi connectivity index (χ4v) is 2.17. The molecule has 0 bridgehead atoms. The fraction of sp³-hybridized carbons (Fsp3) is 0.500. The summed E-state index contributed by atoms with van der Waals surface area (Å²) in [5.74, 6) is -4.08. The summed E-state index contributed by atoms with van der Waals surface area (Å²) >= 11 is 0. The first-order valence-electron chi connectivity index (χ1n) is 5.85. The number of carbonyl (C=O) groups is 2. The third-order valence-corrected chi connectivity index (χ3v) is 3.30. The first kappa shape index (κ1) is 15.0. The van der Waals surface area contributed by atoms with Crippen LogP contribution in [0.2, 0.25) is 0 Å². The van der Waals surface area contributed by atoms with Crippen molar-refractivity contribution in [2.75, 3.05) is 6.61 Å². The molecule has 5 N–H and O–H groups in total. The topological polar surface area (TPSA) is 145 Å².